The molecule has 4 N–H and O–H groups in total. The van der Waals surface area contributed by atoms with Crippen LogP contribution in [-0.4, -0.2) is 28.0 Å². The molecule has 0 bridgehead atoms. The Balaban J connectivity index is 1.64. The van der Waals surface area contributed by atoms with E-state index in [0.29, 0.717) is 11.3 Å². The molecular weight excluding hydrogens is 400 g/mol. The topological polar surface area (TPSA) is 125 Å². The van der Waals surface area contributed by atoms with E-state index in [9.17, 15) is 24.6 Å². The number of phenolic OH excluding ortho intramolecular Hbond substituents is 2. The minimum atomic E-state index is -0.478. The Hall–Kier alpha value is -4.33. The number of hydrogen-bond acceptors (Lipinski definition) is 6. The molecule has 31 heavy (non-hydrogen) atoms. The number of aromatic hydroxyl groups is 2. The number of nitrogens with one attached hydrogen (secondary N) is 2. The van der Waals surface area contributed by atoms with Crippen molar-refractivity contribution in [1.29, 1.82) is 0 Å². The number of amides is 2. The largest absolute Gasteiger partial charge is 0.508 e. The van der Waals surface area contributed by atoms with Gasteiger partial charge in [0.25, 0.3) is 11.8 Å². The van der Waals surface area contributed by atoms with Gasteiger partial charge in [0.1, 0.15) is 17.2 Å². The highest BCUT2D eigenvalue weighted by Gasteiger charge is 2.11. The van der Waals surface area contributed by atoms with Crippen molar-refractivity contribution in [3.8, 4) is 17.2 Å². The fraction of sp³-hybridized carbons (Fsp3) is 0.0870. The minimum absolute atomic E-state index is 0.120. The molecule has 0 aliphatic carbocycles. The van der Waals surface area contributed by atoms with Gasteiger partial charge in [0.05, 0.1) is 0 Å². The maximum absolute atomic E-state index is 12.5. The molecule has 8 nitrogen and oxygen atoms in total. The number of hydrogen-bond donors (Lipinski definition) is 4. The highest BCUT2D eigenvalue weighted by Crippen LogP contribution is 2.20. The predicted molar refractivity (Wildman–Crippen MR) is 113 cm³/mol. The van der Waals surface area contributed by atoms with Crippen molar-refractivity contribution in [2.45, 2.75) is 13.5 Å². The standard InChI is InChI=1S/C23H20N2O6/c1-14(26)31-21-7-3-5-16(11-21)23(30)25-18-6-2-4-15(8-18)13-24-22(29)17-9-19(27)12-20(28)10-17/h2-12,27-28H,13H2,1H3,(H,24,29)(H,25,30). The van der Waals surface area contributed by atoms with Crippen LogP contribution in [0.25, 0.3) is 0 Å². The van der Waals surface area contributed by atoms with Gasteiger partial charge in [0.2, 0.25) is 0 Å². The van der Waals surface area contributed by atoms with Gasteiger partial charge in [-0.05, 0) is 48.0 Å². The zero-order chi connectivity index (χ0) is 22.4. The van der Waals surface area contributed by atoms with Gasteiger partial charge in [-0.25, -0.2) is 0 Å². The summed E-state index contributed by atoms with van der Waals surface area (Å²) in [6.07, 6.45) is 0. The summed E-state index contributed by atoms with van der Waals surface area (Å²) in [5.74, 6) is -1.49. The lowest BCUT2D eigenvalue weighted by molar-refractivity contribution is -0.131. The Morgan fingerprint density at radius 2 is 1.55 bits per heavy atom. The summed E-state index contributed by atoms with van der Waals surface area (Å²) in [6, 6.07) is 16.8. The van der Waals surface area contributed by atoms with E-state index in [-0.39, 0.29) is 35.3 Å². The quantitative estimate of drug-likeness (QED) is 0.359. The van der Waals surface area contributed by atoms with E-state index in [2.05, 4.69) is 10.6 Å². The van der Waals surface area contributed by atoms with Crippen LogP contribution in [0.1, 0.15) is 33.2 Å². The average Bonchev–Trinajstić information content (AvgIpc) is 2.71. The average molecular weight is 420 g/mol. The van der Waals surface area contributed by atoms with Gasteiger partial charge >= 0.3 is 5.97 Å². The van der Waals surface area contributed by atoms with Crippen molar-refractivity contribution in [1.82, 2.24) is 5.32 Å². The van der Waals surface area contributed by atoms with Crippen LogP contribution >= 0.6 is 0 Å². The number of esters is 1. The molecule has 2 amide bonds. The molecule has 0 radical (unpaired) electrons. The van der Waals surface area contributed by atoms with Crippen molar-refractivity contribution in [3.63, 3.8) is 0 Å². The smallest absolute Gasteiger partial charge is 0.308 e. The molecule has 0 aliphatic rings. The van der Waals surface area contributed by atoms with Crippen LogP contribution in [0.2, 0.25) is 0 Å². The third kappa shape index (κ3) is 6.07. The third-order valence-corrected chi connectivity index (χ3v) is 4.16. The lowest BCUT2D eigenvalue weighted by Crippen LogP contribution is -2.22. The van der Waals surface area contributed by atoms with Crippen LogP contribution in [0.3, 0.4) is 0 Å². The molecule has 3 aromatic carbocycles. The lowest BCUT2D eigenvalue weighted by atomic mass is 10.1. The molecule has 0 saturated carbocycles. The summed E-state index contributed by atoms with van der Waals surface area (Å²) >= 11 is 0. The number of phenols is 2. The molecule has 0 atom stereocenters. The van der Waals surface area contributed by atoms with Crippen LogP contribution in [0.5, 0.6) is 17.2 Å². The molecule has 0 spiro atoms. The highest BCUT2D eigenvalue weighted by atomic mass is 16.5. The van der Waals surface area contributed by atoms with E-state index >= 15 is 0 Å². The summed E-state index contributed by atoms with van der Waals surface area (Å²) in [6.45, 7) is 1.45. The maximum atomic E-state index is 12.5. The monoisotopic (exact) mass is 420 g/mol. The Bertz CT molecular complexity index is 1120. The number of carbonyl (C=O) groups is 3. The Morgan fingerprint density at radius 3 is 2.26 bits per heavy atom. The van der Waals surface area contributed by atoms with Crippen molar-refractivity contribution in [2.24, 2.45) is 0 Å². The van der Waals surface area contributed by atoms with Gasteiger partial charge in [-0.15, -0.1) is 0 Å². The van der Waals surface area contributed by atoms with Gasteiger partial charge < -0.3 is 25.6 Å². The second-order valence-electron chi connectivity index (χ2n) is 6.70. The summed E-state index contributed by atoms with van der Waals surface area (Å²) in [5, 5.41) is 24.4. The number of anilines is 1. The first-order chi connectivity index (χ1) is 14.8. The second-order valence-corrected chi connectivity index (χ2v) is 6.70. The number of rotatable bonds is 6. The number of carbonyl (C=O) groups excluding carboxylic acids is 3. The fourth-order valence-corrected chi connectivity index (χ4v) is 2.84. The Labute approximate surface area is 178 Å². The van der Waals surface area contributed by atoms with Crippen molar-refractivity contribution in [2.75, 3.05) is 5.32 Å². The first-order valence-corrected chi connectivity index (χ1v) is 9.30. The molecule has 0 saturated heterocycles. The van der Waals surface area contributed by atoms with Crippen LogP contribution in [0, 0.1) is 0 Å². The van der Waals surface area contributed by atoms with Crippen molar-refractivity contribution >= 4 is 23.5 Å². The molecule has 8 heteroatoms. The van der Waals surface area contributed by atoms with Crippen LogP contribution in [0.4, 0.5) is 5.69 Å². The second kappa shape index (κ2) is 9.45. The summed E-state index contributed by atoms with van der Waals surface area (Å²) < 4.78 is 4.99. The zero-order valence-electron chi connectivity index (χ0n) is 16.6. The predicted octanol–water partition coefficient (Wildman–Crippen LogP) is 3.21. The summed E-state index contributed by atoms with van der Waals surface area (Å²) in [7, 11) is 0. The van der Waals surface area contributed by atoms with Gasteiger partial charge in [-0.3, -0.25) is 14.4 Å². The van der Waals surface area contributed by atoms with Gasteiger partial charge in [-0.1, -0.05) is 18.2 Å². The van der Waals surface area contributed by atoms with E-state index in [4.69, 9.17) is 4.74 Å². The first-order valence-electron chi connectivity index (χ1n) is 9.30. The van der Waals surface area contributed by atoms with Crippen LogP contribution in [0.15, 0.2) is 66.7 Å². The molecule has 0 aromatic heterocycles. The van der Waals surface area contributed by atoms with Crippen molar-refractivity contribution < 1.29 is 29.3 Å². The number of ether oxygens (including phenoxy) is 1. The lowest BCUT2D eigenvalue weighted by Gasteiger charge is -2.10. The molecule has 0 heterocycles. The fourth-order valence-electron chi connectivity index (χ4n) is 2.84. The molecule has 0 unspecified atom stereocenters. The normalized spacial score (nSPS) is 10.2. The molecular formula is C23H20N2O6. The SMILES string of the molecule is CC(=O)Oc1cccc(C(=O)Nc2cccc(CNC(=O)c3cc(O)cc(O)c3)c2)c1. The Morgan fingerprint density at radius 1 is 0.839 bits per heavy atom. The molecule has 0 aliphatic heterocycles. The number of benzene rings is 3. The van der Waals surface area contributed by atoms with Gasteiger partial charge in [0, 0.05) is 36.3 Å². The summed E-state index contributed by atoms with van der Waals surface area (Å²) in [5.41, 5.74) is 1.68. The first kappa shape index (κ1) is 21.4. The van der Waals surface area contributed by atoms with E-state index < -0.39 is 11.9 Å². The van der Waals surface area contributed by atoms with E-state index in [0.717, 1.165) is 11.6 Å². The van der Waals surface area contributed by atoms with E-state index in [1.165, 1.54) is 25.1 Å². The van der Waals surface area contributed by atoms with Crippen molar-refractivity contribution in [3.05, 3.63) is 83.4 Å². The molecule has 3 rings (SSSR count). The molecule has 3 aromatic rings. The van der Waals surface area contributed by atoms with E-state index in [1.807, 2.05) is 0 Å². The van der Waals surface area contributed by atoms with Gasteiger partial charge in [-0.2, -0.15) is 0 Å². The Kier molecular flexibility index (Phi) is 6.51. The maximum Gasteiger partial charge on any atom is 0.308 e. The third-order valence-electron chi connectivity index (χ3n) is 4.16. The van der Waals surface area contributed by atoms with Gasteiger partial charge in [0.15, 0.2) is 0 Å². The van der Waals surface area contributed by atoms with Crippen LogP contribution in [-0.2, 0) is 11.3 Å². The zero-order valence-corrected chi connectivity index (χ0v) is 16.6. The minimum Gasteiger partial charge on any atom is -0.508 e. The summed E-state index contributed by atoms with van der Waals surface area (Å²) in [4.78, 5) is 35.8. The highest BCUT2D eigenvalue weighted by molar-refractivity contribution is 6.04. The molecule has 158 valence electrons. The van der Waals surface area contributed by atoms with E-state index in [1.54, 1.807) is 42.5 Å². The molecule has 0 fully saturated rings. The van der Waals surface area contributed by atoms with Crippen LogP contribution < -0.4 is 15.4 Å².